The molecular formula is C20H13F3N2. The van der Waals surface area contributed by atoms with Crippen LogP contribution in [0.5, 0.6) is 0 Å². The van der Waals surface area contributed by atoms with E-state index in [4.69, 9.17) is 5.26 Å². The van der Waals surface area contributed by atoms with Crippen molar-refractivity contribution in [1.29, 1.82) is 5.26 Å². The number of rotatable bonds is 3. The average molecular weight is 338 g/mol. The second-order valence-corrected chi connectivity index (χ2v) is 5.57. The lowest BCUT2D eigenvalue weighted by molar-refractivity contribution is -0.137. The molecule has 0 radical (unpaired) electrons. The molecule has 0 atom stereocenters. The Labute approximate surface area is 143 Å². The summed E-state index contributed by atoms with van der Waals surface area (Å²) < 4.78 is 38.1. The average Bonchev–Trinajstić information content (AvgIpc) is 2.62. The lowest BCUT2D eigenvalue weighted by atomic mass is 9.98. The van der Waals surface area contributed by atoms with Crippen LogP contribution < -0.4 is 0 Å². The third-order valence-electron chi connectivity index (χ3n) is 3.85. The summed E-state index contributed by atoms with van der Waals surface area (Å²) in [6.45, 7) is 0. The fourth-order valence-corrected chi connectivity index (χ4v) is 2.58. The van der Waals surface area contributed by atoms with Crippen molar-refractivity contribution in [2.45, 2.75) is 12.6 Å². The minimum Gasteiger partial charge on any atom is -0.256 e. The summed E-state index contributed by atoms with van der Waals surface area (Å²) in [5.74, 6) is 0. The van der Waals surface area contributed by atoms with Crippen molar-refractivity contribution < 1.29 is 13.2 Å². The quantitative estimate of drug-likeness (QED) is 0.656. The van der Waals surface area contributed by atoms with Gasteiger partial charge in [-0.2, -0.15) is 18.4 Å². The van der Waals surface area contributed by atoms with Crippen LogP contribution in [0.25, 0.3) is 11.3 Å². The Kier molecular flexibility index (Phi) is 4.53. The summed E-state index contributed by atoms with van der Waals surface area (Å²) in [5, 5.41) is 8.85. The minimum atomic E-state index is -4.35. The molecule has 0 spiro atoms. The molecule has 1 aromatic heterocycles. The van der Waals surface area contributed by atoms with Gasteiger partial charge in [-0.1, -0.05) is 30.3 Å². The standard InChI is InChI=1S/C20H13F3N2/c21-20(22,23)18-9-7-16(8-10-18)19-17(2-1-11-25-19)12-14-3-5-15(13-24)6-4-14/h1-11H,12H2. The fourth-order valence-electron chi connectivity index (χ4n) is 2.58. The van der Waals surface area contributed by atoms with Crippen LogP contribution in [-0.2, 0) is 12.6 Å². The Hall–Kier alpha value is -3.13. The molecule has 0 saturated carbocycles. The van der Waals surface area contributed by atoms with E-state index >= 15 is 0 Å². The van der Waals surface area contributed by atoms with Gasteiger partial charge in [0.15, 0.2) is 0 Å². The number of aromatic nitrogens is 1. The van der Waals surface area contributed by atoms with Crippen molar-refractivity contribution in [2.75, 3.05) is 0 Å². The number of hydrogen-bond donors (Lipinski definition) is 0. The first-order valence-electron chi connectivity index (χ1n) is 7.58. The zero-order valence-electron chi connectivity index (χ0n) is 13.1. The Morgan fingerprint density at radius 1 is 0.920 bits per heavy atom. The first-order chi connectivity index (χ1) is 12.0. The maximum atomic E-state index is 12.7. The van der Waals surface area contributed by atoms with Gasteiger partial charge in [-0.05, 0) is 47.9 Å². The maximum absolute atomic E-state index is 12.7. The lowest BCUT2D eigenvalue weighted by Crippen LogP contribution is -2.04. The molecule has 3 rings (SSSR count). The molecule has 25 heavy (non-hydrogen) atoms. The van der Waals surface area contributed by atoms with Crippen LogP contribution >= 0.6 is 0 Å². The molecule has 2 aromatic carbocycles. The Morgan fingerprint density at radius 2 is 1.60 bits per heavy atom. The van der Waals surface area contributed by atoms with Gasteiger partial charge in [0.05, 0.1) is 22.9 Å². The molecule has 0 aliphatic rings. The van der Waals surface area contributed by atoms with E-state index in [1.807, 2.05) is 18.2 Å². The third-order valence-corrected chi connectivity index (χ3v) is 3.85. The summed E-state index contributed by atoms with van der Waals surface area (Å²) in [7, 11) is 0. The first kappa shape index (κ1) is 16.7. The van der Waals surface area contributed by atoms with E-state index in [2.05, 4.69) is 11.1 Å². The zero-order valence-corrected chi connectivity index (χ0v) is 13.1. The number of nitriles is 1. The number of nitrogens with zero attached hydrogens (tertiary/aromatic N) is 2. The molecular weight excluding hydrogens is 325 g/mol. The molecule has 1 heterocycles. The van der Waals surface area contributed by atoms with Crippen LogP contribution in [0.3, 0.4) is 0 Å². The highest BCUT2D eigenvalue weighted by atomic mass is 19.4. The number of halogens is 3. The van der Waals surface area contributed by atoms with E-state index in [1.165, 1.54) is 12.1 Å². The van der Waals surface area contributed by atoms with E-state index in [-0.39, 0.29) is 0 Å². The lowest BCUT2D eigenvalue weighted by Gasteiger charge is -2.11. The molecule has 2 nitrogen and oxygen atoms in total. The van der Waals surface area contributed by atoms with Crippen LogP contribution in [0.1, 0.15) is 22.3 Å². The molecule has 5 heteroatoms. The highest BCUT2D eigenvalue weighted by Gasteiger charge is 2.30. The molecule has 3 aromatic rings. The van der Waals surface area contributed by atoms with Crippen molar-refractivity contribution in [3.63, 3.8) is 0 Å². The van der Waals surface area contributed by atoms with E-state index in [1.54, 1.807) is 24.4 Å². The summed E-state index contributed by atoms with van der Waals surface area (Å²) in [4.78, 5) is 4.34. The molecule has 0 saturated heterocycles. The van der Waals surface area contributed by atoms with Gasteiger partial charge in [-0.3, -0.25) is 4.98 Å². The first-order valence-corrected chi connectivity index (χ1v) is 7.58. The summed E-state index contributed by atoms with van der Waals surface area (Å²) in [5.41, 5.74) is 3.10. The Balaban J connectivity index is 1.91. The minimum absolute atomic E-state index is 0.579. The van der Waals surface area contributed by atoms with Crippen LogP contribution in [0.2, 0.25) is 0 Å². The summed E-state index contributed by atoms with van der Waals surface area (Å²) >= 11 is 0. The number of pyridine rings is 1. The third kappa shape index (κ3) is 3.86. The van der Waals surface area contributed by atoms with Crippen molar-refractivity contribution in [3.05, 3.63) is 89.1 Å². The predicted octanol–water partition coefficient (Wildman–Crippen LogP) is 5.23. The van der Waals surface area contributed by atoms with Gasteiger partial charge in [0, 0.05) is 11.8 Å². The van der Waals surface area contributed by atoms with Gasteiger partial charge >= 0.3 is 6.18 Å². The van der Waals surface area contributed by atoms with Crippen molar-refractivity contribution in [2.24, 2.45) is 0 Å². The normalized spacial score (nSPS) is 11.1. The SMILES string of the molecule is N#Cc1ccc(Cc2cccnc2-c2ccc(C(F)(F)F)cc2)cc1. The van der Waals surface area contributed by atoms with Gasteiger partial charge in [0.25, 0.3) is 0 Å². The van der Waals surface area contributed by atoms with Crippen LogP contribution in [0.15, 0.2) is 66.9 Å². The molecule has 124 valence electrons. The maximum Gasteiger partial charge on any atom is 0.416 e. The molecule has 0 unspecified atom stereocenters. The van der Waals surface area contributed by atoms with Gasteiger partial charge in [0.2, 0.25) is 0 Å². The topological polar surface area (TPSA) is 36.7 Å². The van der Waals surface area contributed by atoms with Crippen molar-refractivity contribution in [3.8, 4) is 17.3 Å². The fraction of sp³-hybridized carbons (Fsp3) is 0.100. The highest BCUT2D eigenvalue weighted by molar-refractivity contribution is 5.64. The van der Waals surface area contributed by atoms with Crippen molar-refractivity contribution >= 4 is 0 Å². The number of benzene rings is 2. The summed E-state index contributed by atoms with van der Waals surface area (Å²) in [6.07, 6.45) is -2.15. The van der Waals surface area contributed by atoms with E-state index in [9.17, 15) is 13.2 Å². The van der Waals surface area contributed by atoms with Crippen LogP contribution in [0.4, 0.5) is 13.2 Å². The Morgan fingerprint density at radius 3 is 2.20 bits per heavy atom. The molecule has 0 N–H and O–H groups in total. The molecule has 0 fully saturated rings. The smallest absolute Gasteiger partial charge is 0.256 e. The molecule has 0 bridgehead atoms. The van der Waals surface area contributed by atoms with Crippen molar-refractivity contribution in [1.82, 2.24) is 4.98 Å². The summed E-state index contributed by atoms with van der Waals surface area (Å²) in [6, 6.07) is 18.0. The van der Waals surface area contributed by atoms with Crippen LogP contribution in [-0.4, -0.2) is 4.98 Å². The van der Waals surface area contributed by atoms with Gasteiger partial charge < -0.3 is 0 Å². The van der Waals surface area contributed by atoms with Gasteiger partial charge in [0.1, 0.15) is 0 Å². The van der Waals surface area contributed by atoms with Gasteiger partial charge in [-0.25, -0.2) is 0 Å². The largest absolute Gasteiger partial charge is 0.416 e. The molecule has 0 amide bonds. The number of alkyl halides is 3. The molecule has 0 aliphatic carbocycles. The molecule has 0 aliphatic heterocycles. The predicted molar refractivity (Wildman–Crippen MR) is 88.6 cm³/mol. The second kappa shape index (κ2) is 6.78. The van der Waals surface area contributed by atoms with Gasteiger partial charge in [-0.15, -0.1) is 0 Å². The second-order valence-electron chi connectivity index (χ2n) is 5.57. The van der Waals surface area contributed by atoms with E-state index in [0.29, 0.717) is 23.2 Å². The number of hydrogen-bond acceptors (Lipinski definition) is 2. The van der Waals surface area contributed by atoms with E-state index in [0.717, 1.165) is 23.3 Å². The zero-order chi connectivity index (χ0) is 17.9. The van der Waals surface area contributed by atoms with Crippen LogP contribution in [0, 0.1) is 11.3 Å². The monoisotopic (exact) mass is 338 g/mol. The van der Waals surface area contributed by atoms with E-state index < -0.39 is 11.7 Å². The highest BCUT2D eigenvalue weighted by Crippen LogP contribution is 2.31. The Bertz CT molecular complexity index is 905.